The largest absolute Gasteiger partial charge is 1.00 e. The molecule has 0 saturated carbocycles. The Morgan fingerprint density at radius 3 is 2.47 bits per heavy atom. The molecule has 1 aromatic carbocycles. The number of fused-ring (bicyclic) bond motifs is 1. The first-order chi connectivity index (χ1) is 8.52. The molecule has 92 valence electrons. The second kappa shape index (κ2) is 6.58. The van der Waals surface area contributed by atoms with E-state index in [0.717, 1.165) is 6.21 Å². The summed E-state index contributed by atoms with van der Waals surface area (Å²) in [6.45, 7) is 1.33. The SMILES string of the molecule is CC(N=CC1=C(O)c2ccccc2C1=O)C(=O)[O-].[K+]. The normalized spacial score (nSPS) is 15.3. The first-order valence-corrected chi connectivity index (χ1v) is 5.33. The summed E-state index contributed by atoms with van der Waals surface area (Å²) >= 11 is 0. The molecule has 0 aliphatic heterocycles. The number of rotatable bonds is 3. The zero-order valence-electron chi connectivity index (χ0n) is 10.6. The van der Waals surface area contributed by atoms with Crippen molar-refractivity contribution in [2.75, 3.05) is 0 Å². The van der Waals surface area contributed by atoms with E-state index in [-0.39, 0.29) is 68.5 Å². The van der Waals surface area contributed by atoms with Gasteiger partial charge in [-0.05, 0) is 6.92 Å². The van der Waals surface area contributed by atoms with Crippen molar-refractivity contribution in [3.63, 3.8) is 0 Å². The molecule has 19 heavy (non-hydrogen) atoms. The van der Waals surface area contributed by atoms with Gasteiger partial charge < -0.3 is 15.0 Å². The van der Waals surface area contributed by atoms with E-state index in [1.807, 2.05) is 0 Å². The first-order valence-electron chi connectivity index (χ1n) is 5.33. The number of hydrogen-bond donors (Lipinski definition) is 1. The fourth-order valence-corrected chi connectivity index (χ4v) is 1.65. The number of Topliss-reactive ketones (excluding diaryl/α,β-unsaturated/α-hetero) is 1. The number of nitrogens with zero attached hydrogens (tertiary/aromatic N) is 1. The molecule has 1 aromatic rings. The molecule has 0 spiro atoms. The summed E-state index contributed by atoms with van der Waals surface area (Å²) in [6.07, 6.45) is 1.08. The number of aliphatic imine (C=N–C) groups is 1. The van der Waals surface area contributed by atoms with Crippen molar-refractivity contribution < 1.29 is 71.2 Å². The number of carbonyl (C=O) groups excluding carboxylic acids is 2. The molecule has 0 fully saturated rings. The number of allylic oxidation sites excluding steroid dienone is 1. The molecule has 0 radical (unpaired) electrons. The standard InChI is InChI=1S/C13H11NO4.K/c1-7(13(17)18)14-6-10-11(15)8-4-2-3-5-9(8)12(10)16;/h2-7,15H,1H3,(H,17,18);/q;+1/p-1. The van der Waals surface area contributed by atoms with Crippen molar-refractivity contribution in [1.29, 1.82) is 0 Å². The number of aliphatic hydroxyl groups is 1. The zero-order valence-corrected chi connectivity index (χ0v) is 13.7. The molecular weight excluding hydrogens is 273 g/mol. The van der Waals surface area contributed by atoms with E-state index in [0.29, 0.717) is 11.1 Å². The average Bonchev–Trinajstić information content (AvgIpc) is 2.60. The minimum Gasteiger partial charge on any atom is -0.548 e. The predicted molar refractivity (Wildman–Crippen MR) is 63.3 cm³/mol. The first kappa shape index (κ1) is 16.3. The monoisotopic (exact) mass is 283 g/mol. The predicted octanol–water partition coefficient (Wildman–Crippen LogP) is -2.63. The molecule has 1 atom stereocenters. The molecule has 1 unspecified atom stereocenters. The van der Waals surface area contributed by atoms with Gasteiger partial charge in [0.15, 0.2) is 5.78 Å². The second-order valence-corrected chi connectivity index (χ2v) is 3.91. The van der Waals surface area contributed by atoms with Crippen LogP contribution in [0.15, 0.2) is 34.8 Å². The molecule has 5 nitrogen and oxygen atoms in total. The summed E-state index contributed by atoms with van der Waals surface area (Å²) in [5.74, 6) is -1.88. The quantitative estimate of drug-likeness (QED) is 0.485. The van der Waals surface area contributed by atoms with Crippen LogP contribution >= 0.6 is 0 Å². The number of hydrogen-bond acceptors (Lipinski definition) is 5. The Morgan fingerprint density at radius 2 is 1.95 bits per heavy atom. The molecule has 2 rings (SSSR count). The van der Waals surface area contributed by atoms with Gasteiger partial charge in [-0.25, -0.2) is 0 Å². The minimum absolute atomic E-state index is 0. The molecule has 1 N–H and O–H groups in total. The fourth-order valence-electron chi connectivity index (χ4n) is 1.65. The Labute approximate surface area is 152 Å². The van der Waals surface area contributed by atoms with Crippen LogP contribution in [0.3, 0.4) is 0 Å². The van der Waals surface area contributed by atoms with Crippen LogP contribution in [-0.2, 0) is 4.79 Å². The molecule has 0 aromatic heterocycles. The maximum atomic E-state index is 11.9. The number of aliphatic hydroxyl groups excluding tert-OH is 1. The van der Waals surface area contributed by atoms with Crippen LogP contribution in [-0.4, -0.2) is 29.1 Å². The Balaban J connectivity index is 0.00000180. The Kier molecular flexibility index (Phi) is 5.63. The van der Waals surface area contributed by atoms with Crippen LogP contribution in [0.4, 0.5) is 0 Å². The smallest absolute Gasteiger partial charge is 0.548 e. The van der Waals surface area contributed by atoms with Gasteiger partial charge in [-0.2, -0.15) is 0 Å². The van der Waals surface area contributed by atoms with E-state index in [2.05, 4.69) is 4.99 Å². The summed E-state index contributed by atoms with van der Waals surface area (Å²) < 4.78 is 0. The molecule has 0 amide bonds. The second-order valence-electron chi connectivity index (χ2n) is 3.91. The summed E-state index contributed by atoms with van der Waals surface area (Å²) in [5.41, 5.74) is 0.826. The maximum absolute atomic E-state index is 11.9. The van der Waals surface area contributed by atoms with Crippen molar-refractivity contribution in [3.05, 3.63) is 41.0 Å². The minimum atomic E-state index is -1.34. The van der Waals surface area contributed by atoms with Crippen molar-refractivity contribution >= 4 is 23.7 Å². The summed E-state index contributed by atoms with van der Waals surface area (Å²) in [5, 5.41) is 20.4. The van der Waals surface area contributed by atoms with Crippen LogP contribution in [0.25, 0.3) is 5.76 Å². The van der Waals surface area contributed by atoms with E-state index in [1.165, 1.54) is 6.92 Å². The molecule has 1 aliphatic carbocycles. The van der Waals surface area contributed by atoms with Gasteiger partial charge in [-0.3, -0.25) is 9.79 Å². The Morgan fingerprint density at radius 1 is 1.37 bits per heavy atom. The van der Waals surface area contributed by atoms with Gasteiger partial charge in [0.1, 0.15) is 5.76 Å². The molecule has 0 heterocycles. The number of carbonyl (C=O) groups is 2. The number of carboxylic acid groups (broad SMARTS) is 1. The van der Waals surface area contributed by atoms with Crippen molar-refractivity contribution in [2.45, 2.75) is 13.0 Å². The van der Waals surface area contributed by atoms with Gasteiger partial charge in [0, 0.05) is 17.3 Å². The van der Waals surface area contributed by atoms with Crippen LogP contribution in [0.5, 0.6) is 0 Å². The summed E-state index contributed by atoms with van der Waals surface area (Å²) in [7, 11) is 0. The van der Waals surface area contributed by atoms with Gasteiger partial charge in [0.05, 0.1) is 17.6 Å². The van der Waals surface area contributed by atoms with Crippen LogP contribution in [0.1, 0.15) is 22.8 Å². The van der Waals surface area contributed by atoms with Crippen LogP contribution < -0.4 is 56.5 Å². The summed E-state index contributed by atoms with van der Waals surface area (Å²) in [4.78, 5) is 26.1. The van der Waals surface area contributed by atoms with E-state index in [4.69, 9.17) is 0 Å². The van der Waals surface area contributed by atoms with Gasteiger partial charge in [-0.15, -0.1) is 0 Å². The molecule has 0 saturated heterocycles. The molecule has 6 heteroatoms. The van der Waals surface area contributed by atoms with Gasteiger partial charge in [0.25, 0.3) is 0 Å². The van der Waals surface area contributed by atoms with E-state index in [1.54, 1.807) is 24.3 Å². The molecule has 1 aliphatic rings. The third kappa shape index (κ3) is 3.21. The zero-order chi connectivity index (χ0) is 13.3. The van der Waals surface area contributed by atoms with Gasteiger partial charge in [-0.1, -0.05) is 24.3 Å². The molecule has 0 bridgehead atoms. The van der Waals surface area contributed by atoms with Crippen molar-refractivity contribution in [2.24, 2.45) is 4.99 Å². The molecular formula is C13H10KNO4. The van der Waals surface area contributed by atoms with Crippen molar-refractivity contribution in [3.8, 4) is 0 Å². The van der Waals surface area contributed by atoms with Crippen LogP contribution in [0.2, 0.25) is 0 Å². The van der Waals surface area contributed by atoms with E-state index in [9.17, 15) is 19.8 Å². The topological polar surface area (TPSA) is 89.8 Å². The number of ketones is 1. The number of carboxylic acids is 1. The third-order valence-corrected chi connectivity index (χ3v) is 2.69. The van der Waals surface area contributed by atoms with E-state index >= 15 is 0 Å². The Hall–Kier alpha value is -0.794. The summed E-state index contributed by atoms with van der Waals surface area (Å²) in [6, 6.07) is 5.53. The number of aliphatic carboxylic acids is 1. The fraction of sp³-hybridized carbons (Fsp3) is 0.154. The Bertz CT molecular complexity index is 592. The van der Waals surface area contributed by atoms with E-state index < -0.39 is 12.0 Å². The third-order valence-electron chi connectivity index (χ3n) is 2.69. The van der Waals surface area contributed by atoms with Gasteiger partial charge >= 0.3 is 51.4 Å². The average molecular weight is 283 g/mol. The van der Waals surface area contributed by atoms with Crippen molar-refractivity contribution in [1.82, 2.24) is 0 Å². The van der Waals surface area contributed by atoms with Gasteiger partial charge in [0.2, 0.25) is 0 Å². The maximum Gasteiger partial charge on any atom is 1.00 e. The van der Waals surface area contributed by atoms with Crippen LogP contribution in [0, 0.1) is 0 Å². The number of benzene rings is 1.